The van der Waals surface area contributed by atoms with Crippen LogP contribution in [0.4, 0.5) is 5.69 Å². The van der Waals surface area contributed by atoms with Crippen molar-refractivity contribution >= 4 is 28.1 Å². The topological polar surface area (TPSA) is 26.0 Å². The van der Waals surface area contributed by atoms with E-state index in [4.69, 9.17) is 17.3 Å². The fraction of sp³-hybridized carbons (Fsp3) is 0.0588. The van der Waals surface area contributed by atoms with Crippen molar-refractivity contribution in [2.75, 3.05) is 5.73 Å². The van der Waals surface area contributed by atoms with Crippen molar-refractivity contribution < 1.29 is 0 Å². The molecule has 0 radical (unpaired) electrons. The Morgan fingerprint density at radius 2 is 1.63 bits per heavy atom. The third-order valence-electron chi connectivity index (χ3n) is 3.28. The summed E-state index contributed by atoms with van der Waals surface area (Å²) >= 11 is 6.25. The number of hydrogen-bond donors (Lipinski definition) is 1. The summed E-state index contributed by atoms with van der Waals surface area (Å²) < 4.78 is 0. The quantitative estimate of drug-likeness (QED) is 0.614. The van der Waals surface area contributed by atoms with Crippen molar-refractivity contribution in [2.45, 2.75) is 6.92 Å². The number of halogens is 1. The molecule has 0 aliphatic heterocycles. The van der Waals surface area contributed by atoms with Crippen molar-refractivity contribution in [3.63, 3.8) is 0 Å². The molecule has 0 aliphatic rings. The number of anilines is 1. The molecule has 94 valence electrons. The molecule has 0 saturated carbocycles. The summed E-state index contributed by atoms with van der Waals surface area (Å²) in [5.41, 5.74) is 10.2. The summed E-state index contributed by atoms with van der Waals surface area (Å²) in [6.45, 7) is 2.05. The lowest BCUT2D eigenvalue weighted by atomic mass is 9.97. The van der Waals surface area contributed by atoms with Gasteiger partial charge >= 0.3 is 0 Å². The minimum atomic E-state index is 0.778. The predicted molar refractivity (Wildman–Crippen MR) is 83.5 cm³/mol. The molecule has 0 spiro atoms. The largest absolute Gasteiger partial charge is 0.399 e. The average molecular weight is 268 g/mol. The molecule has 2 heteroatoms. The van der Waals surface area contributed by atoms with Crippen molar-refractivity contribution in [3.8, 4) is 11.1 Å². The number of nitrogen functional groups attached to an aromatic ring is 1. The third kappa shape index (κ3) is 2.18. The zero-order valence-corrected chi connectivity index (χ0v) is 11.4. The van der Waals surface area contributed by atoms with E-state index in [1.165, 1.54) is 0 Å². The maximum atomic E-state index is 6.25. The fourth-order valence-corrected chi connectivity index (χ4v) is 2.71. The van der Waals surface area contributed by atoms with Gasteiger partial charge < -0.3 is 5.73 Å². The van der Waals surface area contributed by atoms with Gasteiger partial charge in [-0.05, 0) is 47.2 Å². The molecule has 0 fully saturated rings. The number of benzene rings is 3. The van der Waals surface area contributed by atoms with E-state index in [1.807, 2.05) is 36.4 Å². The monoisotopic (exact) mass is 267 g/mol. The van der Waals surface area contributed by atoms with Crippen LogP contribution in [0.2, 0.25) is 5.02 Å². The average Bonchev–Trinajstić information content (AvgIpc) is 2.38. The van der Waals surface area contributed by atoms with Crippen molar-refractivity contribution in [2.24, 2.45) is 0 Å². The van der Waals surface area contributed by atoms with Crippen LogP contribution in [0, 0.1) is 6.92 Å². The first-order chi connectivity index (χ1) is 9.15. The molecule has 3 aromatic rings. The molecule has 0 atom stereocenters. The predicted octanol–water partition coefficient (Wildman–Crippen LogP) is 5.05. The highest BCUT2D eigenvalue weighted by atomic mass is 35.5. The van der Waals surface area contributed by atoms with Crippen LogP contribution < -0.4 is 5.73 Å². The van der Waals surface area contributed by atoms with Crippen LogP contribution in [0.25, 0.3) is 21.9 Å². The minimum Gasteiger partial charge on any atom is -0.399 e. The molecule has 0 aromatic heterocycles. The van der Waals surface area contributed by atoms with Gasteiger partial charge in [-0.3, -0.25) is 0 Å². The van der Waals surface area contributed by atoms with Gasteiger partial charge in [-0.1, -0.05) is 48.0 Å². The van der Waals surface area contributed by atoms with Crippen molar-refractivity contribution in [1.82, 2.24) is 0 Å². The fourth-order valence-electron chi connectivity index (χ4n) is 2.48. The van der Waals surface area contributed by atoms with Crippen LogP contribution in [-0.4, -0.2) is 0 Å². The van der Waals surface area contributed by atoms with E-state index in [1.54, 1.807) is 0 Å². The van der Waals surface area contributed by atoms with E-state index in [2.05, 4.69) is 25.1 Å². The summed E-state index contributed by atoms with van der Waals surface area (Å²) in [4.78, 5) is 0. The van der Waals surface area contributed by atoms with Crippen LogP contribution in [0.3, 0.4) is 0 Å². The first-order valence-electron chi connectivity index (χ1n) is 6.20. The molecule has 2 N–H and O–H groups in total. The van der Waals surface area contributed by atoms with E-state index in [0.717, 1.165) is 38.2 Å². The Bertz CT molecular complexity index is 742. The minimum absolute atomic E-state index is 0.778. The summed E-state index contributed by atoms with van der Waals surface area (Å²) in [6, 6.07) is 18.3. The summed E-state index contributed by atoms with van der Waals surface area (Å²) in [6.07, 6.45) is 0. The second kappa shape index (κ2) is 4.60. The number of nitrogens with two attached hydrogens (primary N) is 1. The summed E-state index contributed by atoms with van der Waals surface area (Å²) in [5.74, 6) is 0. The third-order valence-corrected chi connectivity index (χ3v) is 3.61. The van der Waals surface area contributed by atoms with E-state index < -0.39 is 0 Å². The molecular weight excluding hydrogens is 254 g/mol. The highest BCUT2D eigenvalue weighted by Gasteiger charge is 2.07. The zero-order chi connectivity index (χ0) is 13.4. The van der Waals surface area contributed by atoms with E-state index in [9.17, 15) is 0 Å². The Hall–Kier alpha value is -1.99. The van der Waals surface area contributed by atoms with Crippen LogP contribution in [0.15, 0.2) is 54.6 Å². The summed E-state index contributed by atoms with van der Waals surface area (Å²) in [5, 5.41) is 3.00. The first kappa shape index (κ1) is 12.1. The first-order valence-corrected chi connectivity index (χ1v) is 6.58. The van der Waals surface area contributed by atoms with Gasteiger partial charge in [-0.2, -0.15) is 0 Å². The number of hydrogen-bond acceptors (Lipinski definition) is 1. The lowest BCUT2D eigenvalue weighted by Crippen LogP contribution is -1.89. The van der Waals surface area contributed by atoms with Gasteiger partial charge in [-0.15, -0.1) is 0 Å². The van der Waals surface area contributed by atoms with Gasteiger partial charge in [0.2, 0.25) is 0 Å². The molecule has 0 heterocycles. The van der Waals surface area contributed by atoms with Gasteiger partial charge in [0.25, 0.3) is 0 Å². The van der Waals surface area contributed by atoms with Crippen LogP contribution >= 0.6 is 11.6 Å². The van der Waals surface area contributed by atoms with E-state index in [-0.39, 0.29) is 0 Å². The SMILES string of the molecule is Cc1cc(N)cc(-c2ccc(Cl)c3ccccc23)c1. The Labute approximate surface area is 117 Å². The van der Waals surface area contributed by atoms with Gasteiger partial charge in [0.15, 0.2) is 0 Å². The molecule has 3 rings (SSSR count). The highest BCUT2D eigenvalue weighted by molar-refractivity contribution is 6.36. The molecule has 0 aliphatic carbocycles. The Morgan fingerprint density at radius 3 is 2.37 bits per heavy atom. The lowest BCUT2D eigenvalue weighted by Gasteiger charge is -2.10. The van der Waals surface area contributed by atoms with Crippen LogP contribution in [0.5, 0.6) is 0 Å². The second-order valence-electron chi connectivity index (χ2n) is 4.77. The number of fused-ring (bicyclic) bond motifs is 1. The molecule has 0 saturated heterocycles. The molecule has 0 bridgehead atoms. The Balaban J connectivity index is 2.34. The smallest absolute Gasteiger partial charge is 0.0484 e. The molecular formula is C17H14ClN. The Morgan fingerprint density at radius 1 is 0.895 bits per heavy atom. The standard InChI is InChI=1S/C17H14ClN/c1-11-8-12(10-13(19)9-11)14-6-7-17(18)16-5-3-2-4-15(14)16/h2-10H,19H2,1H3. The van der Waals surface area contributed by atoms with Crippen LogP contribution in [0.1, 0.15) is 5.56 Å². The molecule has 19 heavy (non-hydrogen) atoms. The lowest BCUT2D eigenvalue weighted by molar-refractivity contribution is 1.47. The maximum absolute atomic E-state index is 6.25. The maximum Gasteiger partial charge on any atom is 0.0484 e. The zero-order valence-electron chi connectivity index (χ0n) is 10.7. The van der Waals surface area contributed by atoms with Gasteiger partial charge in [0.05, 0.1) is 0 Å². The van der Waals surface area contributed by atoms with E-state index in [0.29, 0.717) is 0 Å². The molecule has 0 unspecified atom stereocenters. The molecule has 1 nitrogen and oxygen atoms in total. The van der Waals surface area contributed by atoms with E-state index >= 15 is 0 Å². The Kier molecular flexibility index (Phi) is 2.92. The van der Waals surface area contributed by atoms with Crippen molar-refractivity contribution in [3.05, 3.63) is 65.2 Å². The van der Waals surface area contributed by atoms with Gasteiger partial charge in [-0.25, -0.2) is 0 Å². The number of rotatable bonds is 1. The normalized spacial score (nSPS) is 10.8. The van der Waals surface area contributed by atoms with Crippen LogP contribution in [-0.2, 0) is 0 Å². The summed E-state index contributed by atoms with van der Waals surface area (Å²) in [7, 11) is 0. The molecule has 0 amide bonds. The van der Waals surface area contributed by atoms with Crippen molar-refractivity contribution in [1.29, 1.82) is 0 Å². The van der Waals surface area contributed by atoms with Gasteiger partial charge in [0.1, 0.15) is 0 Å². The number of aryl methyl sites for hydroxylation is 1. The second-order valence-corrected chi connectivity index (χ2v) is 5.18. The highest BCUT2D eigenvalue weighted by Crippen LogP contribution is 2.34. The van der Waals surface area contributed by atoms with Gasteiger partial charge in [0, 0.05) is 16.1 Å². The molecule has 3 aromatic carbocycles.